The van der Waals surface area contributed by atoms with Gasteiger partial charge in [0, 0.05) is 11.8 Å². The Morgan fingerprint density at radius 3 is 1.25 bits per heavy atom. The molecule has 298 valence electrons. The number of fused-ring (bicyclic) bond motifs is 2. The zero-order valence-electron chi connectivity index (χ0n) is 35.1. The smallest absolute Gasteiger partial charge is 0.0519 e. The summed E-state index contributed by atoms with van der Waals surface area (Å²) in [4.78, 5) is 0. The monoisotopic (exact) mass is 782 g/mol. The number of hydrogen-bond acceptors (Lipinski definition) is 2. The molecule has 0 unspecified atom stereocenters. The highest BCUT2D eigenvalue weighted by Crippen LogP contribution is 2.40. The van der Waals surface area contributed by atoms with Gasteiger partial charge in [0.1, 0.15) is 0 Å². The Kier molecular flexibility index (Phi) is 10.9. The molecule has 0 spiro atoms. The van der Waals surface area contributed by atoms with E-state index in [1.807, 2.05) is 0 Å². The van der Waals surface area contributed by atoms with E-state index in [1.165, 1.54) is 99.4 Å². The van der Waals surface area contributed by atoms with Crippen molar-refractivity contribution < 1.29 is 9.47 Å². The first-order valence-electron chi connectivity index (χ1n) is 22.0. The SMILES string of the molecule is Cc1ccc2c(-c3c(Cc4ccc(Cc5ccc(CC6COC6)cc5)cc4)ccc4cc(C)ccc34)cc(Cc3ccc(Cc4ccc(CC5COC5)cc4)cc3)cc2c1. The maximum Gasteiger partial charge on any atom is 0.0519 e. The van der Waals surface area contributed by atoms with E-state index in [0.717, 1.165) is 65.0 Å². The average Bonchev–Trinajstić information content (AvgIpc) is 3.23. The van der Waals surface area contributed by atoms with Crippen LogP contribution in [0.25, 0.3) is 32.7 Å². The minimum Gasteiger partial charge on any atom is -0.381 e. The van der Waals surface area contributed by atoms with E-state index in [0.29, 0.717) is 11.8 Å². The zero-order valence-corrected chi connectivity index (χ0v) is 35.1. The first-order chi connectivity index (χ1) is 29.4. The lowest BCUT2D eigenvalue weighted by Gasteiger charge is -2.25. The van der Waals surface area contributed by atoms with E-state index in [9.17, 15) is 0 Å². The number of rotatable bonds is 13. The van der Waals surface area contributed by atoms with Crippen LogP contribution < -0.4 is 0 Å². The molecule has 0 amide bonds. The number of ether oxygens (including phenoxy) is 2. The summed E-state index contributed by atoms with van der Waals surface area (Å²) in [5.74, 6) is 1.37. The Balaban J connectivity index is 0.921. The van der Waals surface area contributed by atoms with Gasteiger partial charge in [0.25, 0.3) is 0 Å². The van der Waals surface area contributed by atoms with E-state index in [-0.39, 0.29) is 0 Å². The summed E-state index contributed by atoms with van der Waals surface area (Å²) in [7, 11) is 0. The standard InChI is InChI=1S/C58H54O2/c1-39-4-24-56-52(25-39)21-22-53(32-48-19-17-44(18-20-48)28-43-9-15-47(16-10-43)31-51-37-60-38-51)58(56)57-34-49(33-54-26-40(2)3-23-55(54)57)29-45-11-5-41(6-12-45)27-42-7-13-46(14-8-42)30-50-35-59-36-50/h3-26,33-34,50-51H,27-32,35-38H2,1-2H3. The molecule has 0 atom stereocenters. The van der Waals surface area contributed by atoms with Crippen LogP contribution in [0.15, 0.2) is 158 Å². The molecule has 2 heteroatoms. The third-order valence-electron chi connectivity index (χ3n) is 12.9. The molecule has 10 rings (SSSR count). The van der Waals surface area contributed by atoms with Gasteiger partial charge in [0.2, 0.25) is 0 Å². The first-order valence-corrected chi connectivity index (χ1v) is 22.0. The molecule has 0 aliphatic carbocycles. The summed E-state index contributed by atoms with van der Waals surface area (Å²) in [6.45, 7) is 8.02. The van der Waals surface area contributed by atoms with Gasteiger partial charge in [-0.1, -0.05) is 169 Å². The molecule has 2 aliphatic rings. The van der Waals surface area contributed by atoms with Crippen LogP contribution in [-0.4, -0.2) is 26.4 Å². The van der Waals surface area contributed by atoms with Crippen LogP contribution in [0, 0.1) is 25.7 Å². The van der Waals surface area contributed by atoms with E-state index in [4.69, 9.17) is 9.47 Å². The predicted octanol–water partition coefficient (Wildman–Crippen LogP) is 13.0. The van der Waals surface area contributed by atoms with Crippen molar-refractivity contribution in [1.82, 2.24) is 0 Å². The van der Waals surface area contributed by atoms with Gasteiger partial charge in [-0.25, -0.2) is 0 Å². The number of aryl methyl sites for hydroxylation is 2. The molecule has 0 bridgehead atoms. The second-order valence-electron chi connectivity index (χ2n) is 17.9. The van der Waals surface area contributed by atoms with Crippen LogP contribution in [0.3, 0.4) is 0 Å². The van der Waals surface area contributed by atoms with Crippen molar-refractivity contribution in [2.45, 2.75) is 52.4 Å². The van der Waals surface area contributed by atoms with Crippen LogP contribution in [-0.2, 0) is 48.0 Å². The molecular formula is C58H54O2. The molecule has 2 heterocycles. The molecule has 8 aromatic carbocycles. The Hall–Kier alpha value is -5.80. The lowest BCUT2D eigenvalue weighted by Crippen LogP contribution is -2.29. The van der Waals surface area contributed by atoms with E-state index < -0.39 is 0 Å². The average molecular weight is 783 g/mol. The normalized spacial score (nSPS) is 14.4. The molecule has 8 aromatic rings. The lowest BCUT2D eigenvalue weighted by molar-refractivity contribution is -0.0312. The van der Waals surface area contributed by atoms with Crippen molar-refractivity contribution in [3.05, 3.63) is 224 Å². The minimum atomic E-state index is 0.684. The molecule has 2 fully saturated rings. The summed E-state index contributed by atoms with van der Waals surface area (Å²) in [5.41, 5.74) is 18.9. The molecule has 2 aliphatic heterocycles. The van der Waals surface area contributed by atoms with Crippen molar-refractivity contribution in [2.75, 3.05) is 26.4 Å². The summed E-state index contributed by atoms with van der Waals surface area (Å²) >= 11 is 0. The van der Waals surface area contributed by atoms with Gasteiger partial charge in [-0.15, -0.1) is 0 Å². The highest BCUT2D eigenvalue weighted by atomic mass is 16.5. The summed E-state index contributed by atoms with van der Waals surface area (Å²) < 4.78 is 10.8. The van der Waals surface area contributed by atoms with E-state index in [1.54, 1.807) is 0 Å². The van der Waals surface area contributed by atoms with Crippen molar-refractivity contribution in [3.63, 3.8) is 0 Å². The molecule has 0 aromatic heterocycles. The van der Waals surface area contributed by atoms with Crippen LogP contribution in [0.1, 0.15) is 66.8 Å². The fourth-order valence-corrected chi connectivity index (χ4v) is 9.35. The van der Waals surface area contributed by atoms with E-state index >= 15 is 0 Å². The highest BCUT2D eigenvalue weighted by Gasteiger charge is 2.20. The van der Waals surface area contributed by atoms with Gasteiger partial charge >= 0.3 is 0 Å². The van der Waals surface area contributed by atoms with Crippen LogP contribution in [0.2, 0.25) is 0 Å². The highest BCUT2D eigenvalue weighted by molar-refractivity contribution is 6.07. The minimum absolute atomic E-state index is 0.684. The Morgan fingerprint density at radius 1 is 0.367 bits per heavy atom. The van der Waals surface area contributed by atoms with Gasteiger partial charge in [-0.2, -0.15) is 0 Å². The summed E-state index contributed by atoms with van der Waals surface area (Å²) in [5, 5.41) is 5.22. The quantitative estimate of drug-likeness (QED) is 0.116. The van der Waals surface area contributed by atoms with E-state index in [2.05, 4.69) is 172 Å². The van der Waals surface area contributed by atoms with Crippen molar-refractivity contribution >= 4 is 21.5 Å². The van der Waals surface area contributed by atoms with Crippen molar-refractivity contribution in [2.24, 2.45) is 11.8 Å². The molecule has 60 heavy (non-hydrogen) atoms. The Bertz CT molecular complexity index is 2750. The topological polar surface area (TPSA) is 18.5 Å². The molecule has 0 radical (unpaired) electrons. The molecule has 2 saturated heterocycles. The Morgan fingerprint density at radius 2 is 0.783 bits per heavy atom. The number of hydrogen-bond donors (Lipinski definition) is 0. The first kappa shape index (κ1) is 38.4. The van der Waals surface area contributed by atoms with Crippen LogP contribution >= 0.6 is 0 Å². The summed E-state index contributed by atoms with van der Waals surface area (Å²) in [6, 6.07) is 60.6. The second kappa shape index (κ2) is 17.1. The van der Waals surface area contributed by atoms with Gasteiger partial charge in [-0.05, 0) is 141 Å². The number of benzene rings is 8. The van der Waals surface area contributed by atoms with Crippen molar-refractivity contribution in [3.8, 4) is 11.1 Å². The van der Waals surface area contributed by atoms with Gasteiger partial charge in [0.15, 0.2) is 0 Å². The van der Waals surface area contributed by atoms with Crippen molar-refractivity contribution in [1.29, 1.82) is 0 Å². The third kappa shape index (κ3) is 8.73. The van der Waals surface area contributed by atoms with Gasteiger partial charge < -0.3 is 9.47 Å². The largest absolute Gasteiger partial charge is 0.381 e. The fraction of sp³-hybridized carbons (Fsp3) is 0.241. The maximum absolute atomic E-state index is 5.38. The van der Waals surface area contributed by atoms with Crippen LogP contribution in [0.5, 0.6) is 0 Å². The fourth-order valence-electron chi connectivity index (χ4n) is 9.35. The van der Waals surface area contributed by atoms with Gasteiger partial charge in [-0.3, -0.25) is 0 Å². The predicted molar refractivity (Wildman–Crippen MR) is 249 cm³/mol. The van der Waals surface area contributed by atoms with Crippen LogP contribution in [0.4, 0.5) is 0 Å². The molecular weight excluding hydrogens is 729 g/mol. The molecule has 0 saturated carbocycles. The lowest BCUT2D eigenvalue weighted by atomic mass is 9.85. The maximum atomic E-state index is 5.38. The molecule has 0 N–H and O–H groups in total. The molecule has 2 nitrogen and oxygen atoms in total. The third-order valence-corrected chi connectivity index (χ3v) is 12.9. The Labute approximate surface area is 355 Å². The summed E-state index contributed by atoms with van der Waals surface area (Å²) in [6.07, 6.45) is 5.88. The van der Waals surface area contributed by atoms with Gasteiger partial charge in [0.05, 0.1) is 26.4 Å². The zero-order chi connectivity index (χ0) is 40.4. The second-order valence-corrected chi connectivity index (χ2v) is 17.9.